The van der Waals surface area contributed by atoms with Crippen molar-refractivity contribution in [3.05, 3.63) is 23.8 Å². The highest BCUT2D eigenvalue weighted by Gasteiger charge is 2.15. The highest BCUT2D eigenvalue weighted by atomic mass is 16.3. The maximum atomic E-state index is 9.54. The van der Waals surface area contributed by atoms with Gasteiger partial charge in [0.15, 0.2) is 0 Å². The number of unbranched alkanes of at least 4 members (excludes halogenated alkanes) is 4. The van der Waals surface area contributed by atoms with E-state index in [2.05, 4.69) is 20.8 Å². The molecule has 0 radical (unpaired) electrons. The van der Waals surface area contributed by atoms with E-state index < -0.39 is 0 Å². The Balaban J connectivity index is 2.45. The number of rotatable bonds is 8. The van der Waals surface area contributed by atoms with Crippen molar-refractivity contribution in [2.45, 2.75) is 65.2 Å². The Bertz CT molecular complexity index is 353. The molecule has 2 unspecified atom stereocenters. The van der Waals surface area contributed by atoms with Gasteiger partial charge in [-0.3, -0.25) is 0 Å². The van der Waals surface area contributed by atoms with E-state index in [1.807, 2.05) is 0 Å². The Labute approximate surface area is 117 Å². The molecule has 108 valence electrons. The molecule has 0 aliphatic carbocycles. The van der Waals surface area contributed by atoms with Crippen molar-refractivity contribution in [3.8, 4) is 11.5 Å². The van der Waals surface area contributed by atoms with Crippen LogP contribution in [-0.4, -0.2) is 10.2 Å². The third kappa shape index (κ3) is 5.54. The van der Waals surface area contributed by atoms with Crippen LogP contribution in [-0.2, 0) is 0 Å². The highest BCUT2D eigenvalue weighted by molar-refractivity contribution is 5.38. The fraction of sp³-hybridized carbons (Fsp3) is 0.647. The van der Waals surface area contributed by atoms with Gasteiger partial charge in [-0.25, -0.2) is 0 Å². The van der Waals surface area contributed by atoms with E-state index in [-0.39, 0.29) is 11.5 Å². The molecule has 0 heterocycles. The second-order valence-corrected chi connectivity index (χ2v) is 5.75. The molecular formula is C17H28O2. The molecule has 0 saturated heterocycles. The molecule has 2 atom stereocenters. The van der Waals surface area contributed by atoms with Crippen LogP contribution in [0, 0.1) is 5.92 Å². The van der Waals surface area contributed by atoms with Gasteiger partial charge in [0.25, 0.3) is 0 Å². The molecule has 1 aromatic rings. The SMILES string of the molecule is CCCCCCCC(C)C(C)c1cc(O)cc(O)c1. The van der Waals surface area contributed by atoms with Gasteiger partial charge in [0.05, 0.1) is 0 Å². The van der Waals surface area contributed by atoms with Crippen LogP contribution >= 0.6 is 0 Å². The number of hydrogen-bond acceptors (Lipinski definition) is 2. The van der Waals surface area contributed by atoms with Crippen molar-refractivity contribution in [2.75, 3.05) is 0 Å². The number of phenols is 2. The third-order valence-corrected chi connectivity index (χ3v) is 4.07. The Morgan fingerprint density at radius 1 is 0.895 bits per heavy atom. The second-order valence-electron chi connectivity index (χ2n) is 5.75. The quantitative estimate of drug-likeness (QED) is 0.634. The molecule has 0 bridgehead atoms. The molecule has 0 aliphatic heterocycles. The molecule has 0 spiro atoms. The van der Waals surface area contributed by atoms with Gasteiger partial charge in [-0.15, -0.1) is 0 Å². The largest absolute Gasteiger partial charge is 0.508 e. The highest BCUT2D eigenvalue weighted by Crippen LogP contribution is 2.32. The van der Waals surface area contributed by atoms with Gasteiger partial charge in [0.2, 0.25) is 0 Å². The van der Waals surface area contributed by atoms with E-state index in [9.17, 15) is 10.2 Å². The van der Waals surface area contributed by atoms with Gasteiger partial charge in [-0.1, -0.05) is 59.3 Å². The number of hydrogen-bond donors (Lipinski definition) is 2. The summed E-state index contributed by atoms with van der Waals surface area (Å²) in [6.45, 7) is 6.66. The van der Waals surface area contributed by atoms with Gasteiger partial charge in [0.1, 0.15) is 11.5 Å². The Morgan fingerprint density at radius 2 is 1.47 bits per heavy atom. The van der Waals surface area contributed by atoms with Crippen molar-refractivity contribution >= 4 is 0 Å². The molecule has 0 saturated carbocycles. The predicted molar refractivity (Wildman–Crippen MR) is 80.7 cm³/mol. The first-order chi connectivity index (χ1) is 9.04. The summed E-state index contributed by atoms with van der Waals surface area (Å²) in [5.74, 6) is 1.24. The molecule has 0 aliphatic rings. The van der Waals surface area contributed by atoms with E-state index in [4.69, 9.17) is 0 Å². The first kappa shape index (κ1) is 15.9. The van der Waals surface area contributed by atoms with Gasteiger partial charge in [0, 0.05) is 6.07 Å². The van der Waals surface area contributed by atoms with Crippen LogP contribution in [0.5, 0.6) is 11.5 Å². The summed E-state index contributed by atoms with van der Waals surface area (Å²) >= 11 is 0. The van der Waals surface area contributed by atoms with Crippen LogP contribution in [0.15, 0.2) is 18.2 Å². The lowest BCUT2D eigenvalue weighted by molar-refractivity contribution is 0.417. The maximum absolute atomic E-state index is 9.54. The molecule has 1 aromatic carbocycles. The first-order valence-electron chi connectivity index (χ1n) is 7.57. The fourth-order valence-corrected chi connectivity index (χ4v) is 2.53. The van der Waals surface area contributed by atoms with Crippen molar-refractivity contribution in [2.24, 2.45) is 5.92 Å². The lowest BCUT2D eigenvalue weighted by atomic mass is 9.85. The van der Waals surface area contributed by atoms with Crippen molar-refractivity contribution in [1.29, 1.82) is 0 Å². The number of phenolic OH excluding ortho intramolecular Hbond substituents is 2. The van der Waals surface area contributed by atoms with Gasteiger partial charge >= 0.3 is 0 Å². The number of benzene rings is 1. The summed E-state index contributed by atoms with van der Waals surface area (Å²) in [6.07, 6.45) is 7.76. The Kier molecular flexibility index (Phi) is 6.75. The lowest BCUT2D eigenvalue weighted by Gasteiger charge is -2.20. The first-order valence-corrected chi connectivity index (χ1v) is 7.57. The van der Waals surface area contributed by atoms with Gasteiger partial charge in [-0.05, 0) is 29.5 Å². The van der Waals surface area contributed by atoms with Crippen molar-refractivity contribution in [1.82, 2.24) is 0 Å². The molecule has 0 fully saturated rings. The molecule has 0 aromatic heterocycles. The summed E-state index contributed by atoms with van der Waals surface area (Å²) < 4.78 is 0. The fourth-order valence-electron chi connectivity index (χ4n) is 2.53. The second kappa shape index (κ2) is 8.08. The van der Waals surface area contributed by atoms with E-state index in [0.717, 1.165) is 5.56 Å². The molecule has 2 N–H and O–H groups in total. The Hall–Kier alpha value is -1.18. The summed E-state index contributed by atoms with van der Waals surface area (Å²) in [6, 6.07) is 4.90. The zero-order valence-electron chi connectivity index (χ0n) is 12.5. The average molecular weight is 264 g/mol. The minimum Gasteiger partial charge on any atom is -0.508 e. The standard InChI is InChI=1S/C17H28O2/c1-4-5-6-7-8-9-13(2)14(3)15-10-16(18)12-17(19)11-15/h10-14,18-19H,4-9H2,1-3H3. The monoisotopic (exact) mass is 264 g/mol. The van der Waals surface area contributed by atoms with Crippen LogP contribution < -0.4 is 0 Å². The van der Waals surface area contributed by atoms with Crippen LogP contribution in [0.2, 0.25) is 0 Å². The van der Waals surface area contributed by atoms with Crippen LogP contribution in [0.1, 0.15) is 70.8 Å². The molecule has 0 amide bonds. The van der Waals surface area contributed by atoms with Crippen molar-refractivity contribution in [3.63, 3.8) is 0 Å². The normalized spacial score (nSPS) is 14.3. The summed E-state index contributed by atoms with van der Waals surface area (Å²) in [5.41, 5.74) is 1.03. The molecule has 19 heavy (non-hydrogen) atoms. The van der Waals surface area contributed by atoms with E-state index >= 15 is 0 Å². The Morgan fingerprint density at radius 3 is 2.05 bits per heavy atom. The van der Waals surface area contributed by atoms with Crippen LogP contribution in [0.3, 0.4) is 0 Å². The predicted octanol–water partition coefficient (Wildman–Crippen LogP) is 5.20. The van der Waals surface area contributed by atoms with E-state index in [1.165, 1.54) is 44.6 Å². The molecule has 1 rings (SSSR count). The minimum atomic E-state index is 0.150. The smallest absolute Gasteiger partial charge is 0.119 e. The van der Waals surface area contributed by atoms with E-state index in [1.54, 1.807) is 12.1 Å². The van der Waals surface area contributed by atoms with Crippen LogP contribution in [0.25, 0.3) is 0 Å². The van der Waals surface area contributed by atoms with Gasteiger partial charge in [-0.2, -0.15) is 0 Å². The topological polar surface area (TPSA) is 40.5 Å². The molecular weight excluding hydrogens is 236 g/mol. The third-order valence-electron chi connectivity index (χ3n) is 4.07. The molecule has 2 heteroatoms. The maximum Gasteiger partial charge on any atom is 0.119 e. The number of aromatic hydroxyl groups is 2. The minimum absolute atomic E-state index is 0.150. The average Bonchev–Trinajstić information content (AvgIpc) is 2.36. The van der Waals surface area contributed by atoms with Crippen molar-refractivity contribution < 1.29 is 10.2 Å². The van der Waals surface area contributed by atoms with Gasteiger partial charge < -0.3 is 10.2 Å². The van der Waals surface area contributed by atoms with Crippen LogP contribution in [0.4, 0.5) is 0 Å². The van der Waals surface area contributed by atoms with E-state index in [0.29, 0.717) is 11.8 Å². The zero-order valence-corrected chi connectivity index (χ0v) is 12.5. The molecule has 2 nitrogen and oxygen atoms in total. The summed E-state index contributed by atoms with van der Waals surface area (Å²) in [4.78, 5) is 0. The zero-order chi connectivity index (χ0) is 14.3. The summed E-state index contributed by atoms with van der Waals surface area (Å²) in [5, 5.41) is 19.1. The lowest BCUT2D eigenvalue weighted by Crippen LogP contribution is -2.06. The summed E-state index contributed by atoms with van der Waals surface area (Å²) in [7, 11) is 0.